The first-order valence-electron chi connectivity index (χ1n) is 11.3. The number of aromatic nitrogens is 2. The molecule has 0 radical (unpaired) electrons. The molecule has 6 heteroatoms. The zero-order chi connectivity index (χ0) is 23.8. The standard InChI is InChI=1S/C27H34N2O4/c1-7-23(31-4)21-11-9-13-25(28-21)27(33-6,19-15-17-20(30-3)18-16-19)26-14-10-12-22(29-26)24(8-2)32-5/h9-18,23-24H,7-8H2,1-6H3/t23-,24-/m0/s1. The number of rotatable bonds is 11. The van der Waals surface area contributed by atoms with E-state index in [2.05, 4.69) is 13.8 Å². The third-order valence-corrected chi connectivity index (χ3v) is 6.04. The van der Waals surface area contributed by atoms with Crippen LogP contribution in [0.2, 0.25) is 0 Å². The van der Waals surface area contributed by atoms with E-state index in [0.717, 1.165) is 46.9 Å². The van der Waals surface area contributed by atoms with Gasteiger partial charge >= 0.3 is 0 Å². The second-order valence-corrected chi connectivity index (χ2v) is 7.77. The van der Waals surface area contributed by atoms with Crippen LogP contribution in [0.5, 0.6) is 5.75 Å². The molecule has 2 aromatic heterocycles. The number of methoxy groups -OCH3 is 4. The minimum Gasteiger partial charge on any atom is -0.497 e. The summed E-state index contributed by atoms with van der Waals surface area (Å²) in [5, 5.41) is 0. The lowest BCUT2D eigenvalue weighted by atomic mass is 9.85. The zero-order valence-corrected chi connectivity index (χ0v) is 20.4. The maximum atomic E-state index is 6.33. The highest BCUT2D eigenvalue weighted by Gasteiger charge is 2.40. The molecule has 6 nitrogen and oxygen atoms in total. The molecule has 0 aliphatic heterocycles. The van der Waals surface area contributed by atoms with Crippen molar-refractivity contribution in [3.8, 4) is 5.75 Å². The SMILES string of the molecule is CC[C@H](OC)c1cccc(C(OC)(c2ccc(OC)cc2)c2cccc([C@H](CC)OC)n2)n1. The molecule has 0 aliphatic rings. The summed E-state index contributed by atoms with van der Waals surface area (Å²) in [6.07, 6.45) is 1.42. The Morgan fingerprint density at radius 3 is 1.55 bits per heavy atom. The first-order chi connectivity index (χ1) is 16.1. The number of nitrogens with zero attached hydrogens (tertiary/aromatic N) is 2. The van der Waals surface area contributed by atoms with Gasteiger partial charge in [0.05, 0.1) is 42.1 Å². The van der Waals surface area contributed by atoms with Gasteiger partial charge in [-0.1, -0.05) is 38.1 Å². The van der Waals surface area contributed by atoms with Crippen LogP contribution < -0.4 is 4.74 Å². The van der Waals surface area contributed by atoms with Crippen LogP contribution in [-0.2, 0) is 19.8 Å². The van der Waals surface area contributed by atoms with Gasteiger partial charge in [0.2, 0.25) is 0 Å². The highest BCUT2D eigenvalue weighted by Crippen LogP contribution is 2.40. The fourth-order valence-corrected chi connectivity index (χ4v) is 4.23. The van der Waals surface area contributed by atoms with Gasteiger partial charge in [0.1, 0.15) is 5.75 Å². The van der Waals surface area contributed by atoms with Gasteiger partial charge in [-0.05, 0) is 54.8 Å². The number of ether oxygens (including phenoxy) is 4. The van der Waals surface area contributed by atoms with Gasteiger partial charge < -0.3 is 18.9 Å². The summed E-state index contributed by atoms with van der Waals surface area (Å²) >= 11 is 0. The molecule has 0 bridgehead atoms. The van der Waals surface area contributed by atoms with Gasteiger partial charge in [0.15, 0.2) is 5.60 Å². The predicted molar refractivity (Wildman–Crippen MR) is 128 cm³/mol. The van der Waals surface area contributed by atoms with Gasteiger partial charge in [-0.15, -0.1) is 0 Å². The molecule has 176 valence electrons. The Bertz CT molecular complexity index is 959. The average molecular weight is 451 g/mol. The molecule has 0 saturated carbocycles. The smallest absolute Gasteiger partial charge is 0.176 e. The van der Waals surface area contributed by atoms with Crippen molar-refractivity contribution >= 4 is 0 Å². The maximum absolute atomic E-state index is 6.33. The van der Waals surface area contributed by atoms with Gasteiger partial charge in [-0.3, -0.25) is 9.97 Å². The molecule has 0 spiro atoms. The normalized spacial score (nSPS) is 13.5. The van der Waals surface area contributed by atoms with Crippen molar-refractivity contribution in [3.63, 3.8) is 0 Å². The van der Waals surface area contributed by atoms with Crippen LogP contribution in [-0.4, -0.2) is 38.4 Å². The summed E-state index contributed by atoms with van der Waals surface area (Å²) < 4.78 is 23.0. The molecule has 3 rings (SSSR count). The van der Waals surface area contributed by atoms with E-state index in [1.165, 1.54) is 0 Å². The summed E-state index contributed by atoms with van der Waals surface area (Å²) in [6, 6.07) is 19.7. The summed E-state index contributed by atoms with van der Waals surface area (Å²) in [6.45, 7) is 4.16. The Morgan fingerprint density at radius 2 is 1.18 bits per heavy atom. The molecule has 0 amide bonds. The maximum Gasteiger partial charge on any atom is 0.176 e. The summed E-state index contributed by atoms with van der Waals surface area (Å²) in [7, 11) is 6.75. The lowest BCUT2D eigenvalue weighted by Crippen LogP contribution is -2.34. The summed E-state index contributed by atoms with van der Waals surface area (Å²) in [5.41, 5.74) is 3.04. The van der Waals surface area contributed by atoms with Crippen molar-refractivity contribution in [3.05, 3.63) is 89.0 Å². The average Bonchev–Trinajstić information content (AvgIpc) is 2.87. The molecule has 0 N–H and O–H groups in total. The molecule has 0 fully saturated rings. The van der Waals surface area contributed by atoms with Crippen LogP contribution >= 0.6 is 0 Å². The van der Waals surface area contributed by atoms with E-state index >= 15 is 0 Å². The molecule has 0 aliphatic carbocycles. The van der Waals surface area contributed by atoms with E-state index in [4.69, 9.17) is 28.9 Å². The van der Waals surface area contributed by atoms with Gasteiger partial charge in [0, 0.05) is 21.3 Å². The molecule has 2 atom stereocenters. The van der Waals surface area contributed by atoms with Crippen molar-refractivity contribution < 1.29 is 18.9 Å². The van der Waals surface area contributed by atoms with E-state index in [0.29, 0.717) is 0 Å². The largest absolute Gasteiger partial charge is 0.497 e. The van der Waals surface area contributed by atoms with E-state index in [1.807, 2.05) is 60.7 Å². The van der Waals surface area contributed by atoms with Crippen LogP contribution in [0.25, 0.3) is 0 Å². The quantitative estimate of drug-likeness (QED) is 0.378. The molecular weight excluding hydrogens is 416 g/mol. The third-order valence-electron chi connectivity index (χ3n) is 6.04. The van der Waals surface area contributed by atoms with E-state index in [1.54, 1.807) is 28.4 Å². The fraction of sp³-hybridized carbons (Fsp3) is 0.407. The minimum absolute atomic E-state index is 0.104. The number of hydrogen-bond donors (Lipinski definition) is 0. The van der Waals surface area contributed by atoms with E-state index in [9.17, 15) is 0 Å². The summed E-state index contributed by atoms with van der Waals surface area (Å²) in [5.74, 6) is 0.767. The number of hydrogen-bond acceptors (Lipinski definition) is 6. The Kier molecular flexibility index (Phi) is 8.55. The Balaban J connectivity index is 2.27. The molecule has 3 aromatic rings. The van der Waals surface area contributed by atoms with Crippen LogP contribution in [0.3, 0.4) is 0 Å². The first kappa shape index (κ1) is 24.8. The Hall–Kier alpha value is -2.80. The molecule has 1 aromatic carbocycles. The molecule has 0 unspecified atom stereocenters. The van der Waals surface area contributed by atoms with Crippen molar-refractivity contribution in [2.45, 2.75) is 44.5 Å². The monoisotopic (exact) mass is 450 g/mol. The highest BCUT2D eigenvalue weighted by atomic mass is 16.5. The lowest BCUT2D eigenvalue weighted by molar-refractivity contribution is 0.0477. The van der Waals surface area contributed by atoms with Crippen molar-refractivity contribution in [1.82, 2.24) is 9.97 Å². The molecular formula is C27H34N2O4. The van der Waals surface area contributed by atoms with Gasteiger partial charge in [-0.25, -0.2) is 0 Å². The third kappa shape index (κ3) is 4.93. The lowest BCUT2D eigenvalue weighted by Gasteiger charge is -2.33. The molecule has 33 heavy (non-hydrogen) atoms. The molecule has 0 saturated heterocycles. The minimum atomic E-state index is -1.03. The predicted octanol–water partition coefficient (Wildman–Crippen LogP) is 5.62. The zero-order valence-electron chi connectivity index (χ0n) is 20.4. The highest BCUT2D eigenvalue weighted by molar-refractivity contribution is 5.45. The van der Waals surface area contributed by atoms with Crippen LogP contribution in [0.1, 0.15) is 67.2 Å². The fourth-order valence-electron chi connectivity index (χ4n) is 4.23. The Labute approximate surface area is 196 Å². The van der Waals surface area contributed by atoms with Gasteiger partial charge in [0.25, 0.3) is 0 Å². The topological polar surface area (TPSA) is 62.7 Å². The summed E-state index contributed by atoms with van der Waals surface area (Å²) in [4.78, 5) is 10.0. The second kappa shape index (κ2) is 11.4. The van der Waals surface area contributed by atoms with Crippen molar-refractivity contribution in [2.24, 2.45) is 0 Å². The van der Waals surface area contributed by atoms with Crippen molar-refractivity contribution in [2.75, 3.05) is 28.4 Å². The Morgan fingerprint density at radius 1 is 0.697 bits per heavy atom. The first-order valence-corrected chi connectivity index (χ1v) is 11.3. The second-order valence-electron chi connectivity index (χ2n) is 7.77. The van der Waals surface area contributed by atoms with Crippen LogP contribution in [0.4, 0.5) is 0 Å². The van der Waals surface area contributed by atoms with Crippen LogP contribution in [0.15, 0.2) is 60.7 Å². The van der Waals surface area contributed by atoms with Crippen LogP contribution in [0, 0.1) is 0 Å². The van der Waals surface area contributed by atoms with E-state index in [-0.39, 0.29) is 12.2 Å². The molecule has 2 heterocycles. The number of pyridine rings is 2. The van der Waals surface area contributed by atoms with Gasteiger partial charge in [-0.2, -0.15) is 0 Å². The number of benzene rings is 1. The van der Waals surface area contributed by atoms with E-state index < -0.39 is 5.60 Å². The van der Waals surface area contributed by atoms with Crippen molar-refractivity contribution in [1.29, 1.82) is 0 Å².